The van der Waals surface area contributed by atoms with E-state index in [1.165, 1.54) is 10.4 Å². The van der Waals surface area contributed by atoms with Crippen molar-refractivity contribution in [3.05, 3.63) is 62.5 Å². The Morgan fingerprint density at radius 2 is 1.94 bits per heavy atom. The number of hydrogen-bond acceptors (Lipinski definition) is 5. The zero-order valence-electron chi connectivity index (χ0n) is 18.3. The summed E-state index contributed by atoms with van der Waals surface area (Å²) in [7, 11) is 0. The standard InChI is InChI=1S/C23H25BrClN5OS/c1-13-14(2)32-23-20(13)21(16-6-8-17(25)9-7-16)27-18(22-29-28-15(3)30(22)23)12-19(31)26-11-5-4-10-24/h6-9,18H,4-5,10-12H2,1-3H3,(H,26,31). The normalized spacial score (nSPS) is 15.0. The molecule has 2 aromatic heterocycles. The third-order valence-electron chi connectivity index (χ3n) is 5.62. The van der Waals surface area contributed by atoms with E-state index in [2.05, 4.69) is 49.9 Å². The second-order valence-corrected chi connectivity index (χ2v) is 10.3. The first-order chi connectivity index (χ1) is 15.4. The maximum Gasteiger partial charge on any atom is 0.222 e. The minimum atomic E-state index is -0.433. The Balaban J connectivity index is 1.79. The molecule has 1 N–H and O–H groups in total. The van der Waals surface area contributed by atoms with Gasteiger partial charge in [0.2, 0.25) is 5.91 Å². The van der Waals surface area contributed by atoms with Crippen molar-refractivity contribution >= 4 is 50.5 Å². The number of aliphatic imine (C=N–C) groups is 1. The summed E-state index contributed by atoms with van der Waals surface area (Å²) < 4.78 is 2.06. The Morgan fingerprint density at radius 1 is 1.19 bits per heavy atom. The predicted octanol–water partition coefficient (Wildman–Crippen LogP) is 5.48. The zero-order chi connectivity index (χ0) is 22.8. The van der Waals surface area contributed by atoms with Gasteiger partial charge in [-0.1, -0.05) is 39.7 Å². The molecule has 0 fully saturated rings. The Hall–Kier alpha value is -2.03. The summed E-state index contributed by atoms with van der Waals surface area (Å²) in [5.41, 5.74) is 4.08. The fourth-order valence-electron chi connectivity index (χ4n) is 3.83. The third kappa shape index (κ3) is 4.54. The van der Waals surface area contributed by atoms with Crippen LogP contribution in [0.15, 0.2) is 29.3 Å². The minimum Gasteiger partial charge on any atom is -0.356 e. The van der Waals surface area contributed by atoms with Gasteiger partial charge in [-0.2, -0.15) is 0 Å². The molecular weight excluding hydrogens is 510 g/mol. The maximum absolute atomic E-state index is 12.8. The van der Waals surface area contributed by atoms with Crippen LogP contribution in [0.3, 0.4) is 0 Å². The van der Waals surface area contributed by atoms with Gasteiger partial charge in [0.1, 0.15) is 16.9 Å². The molecule has 1 aromatic carbocycles. The van der Waals surface area contributed by atoms with Gasteiger partial charge in [-0.25, -0.2) is 0 Å². The number of carbonyl (C=O) groups is 1. The van der Waals surface area contributed by atoms with E-state index in [1.54, 1.807) is 11.3 Å². The SMILES string of the molecule is Cc1sc2c(c1C)C(c1ccc(Cl)cc1)=NC(CC(=O)NCCCCBr)c1nnc(C)n1-2. The second kappa shape index (κ2) is 9.85. The highest BCUT2D eigenvalue weighted by Gasteiger charge is 2.32. The number of rotatable bonds is 7. The third-order valence-corrected chi connectivity index (χ3v) is 7.62. The van der Waals surface area contributed by atoms with Crippen LogP contribution in [0.4, 0.5) is 0 Å². The molecule has 0 radical (unpaired) electrons. The van der Waals surface area contributed by atoms with Gasteiger partial charge >= 0.3 is 0 Å². The van der Waals surface area contributed by atoms with E-state index in [1.807, 2.05) is 31.2 Å². The first-order valence-electron chi connectivity index (χ1n) is 10.6. The number of amides is 1. The van der Waals surface area contributed by atoms with Crippen LogP contribution in [0.1, 0.15) is 58.5 Å². The number of alkyl halides is 1. The Labute approximate surface area is 205 Å². The predicted molar refractivity (Wildman–Crippen MR) is 134 cm³/mol. The quantitative estimate of drug-likeness (QED) is 0.322. The van der Waals surface area contributed by atoms with Gasteiger partial charge in [0.05, 0.1) is 12.1 Å². The average molecular weight is 535 g/mol. The Kier molecular flexibility index (Phi) is 7.12. The topological polar surface area (TPSA) is 72.2 Å². The molecule has 0 saturated heterocycles. The molecule has 4 rings (SSSR count). The molecule has 0 saturated carbocycles. The summed E-state index contributed by atoms with van der Waals surface area (Å²) in [6.07, 6.45) is 2.18. The molecule has 1 atom stereocenters. The minimum absolute atomic E-state index is 0.0332. The fourth-order valence-corrected chi connectivity index (χ4v) is 5.56. The molecule has 0 aliphatic carbocycles. The van der Waals surface area contributed by atoms with Crippen LogP contribution in [0.2, 0.25) is 5.02 Å². The lowest BCUT2D eigenvalue weighted by molar-refractivity contribution is -0.121. The van der Waals surface area contributed by atoms with Crippen molar-refractivity contribution in [1.29, 1.82) is 0 Å². The van der Waals surface area contributed by atoms with Gasteiger partial charge in [-0.05, 0) is 51.3 Å². The van der Waals surface area contributed by atoms with E-state index in [9.17, 15) is 4.79 Å². The lowest BCUT2D eigenvalue weighted by Gasteiger charge is -2.13. The number of aryl methyl sites for hydroxylation is 2. The molecule has 1 aliphatic heterocycles. The molecule has 9 heteroatoms. The highest BCUT2D eigenvalue weighted by atomic mass is 79.9. The molecule has 6 nitrogen and oxygen atoms in total. The molecule has 1 aliphatic rings. The first-order valence-corrected chi connectivity index (χ1v) is 12.9. The van der Waals surface area contributed by atoms with Gasteiger partial charge in [0.15, 0.2) is 5.82 Å². The van der Waals surface area contributed by atoms with Crippen molar-refractivity contribution in [3.8, 4) is 5.00 Å². The molecule has 168 valence electrons. The number of thiophene rings is 1. The number of halogens is 2. The number of nitrogens with one attached hydrogen (secondary N) is 1. The van der Waals surface area contributed by atoms with Gasteiger partial charge in [-0.3, -0.25) is 14.4 Å². The number of hydrogen-bond donors (Lipinski definition) is 1. The number of fused-ring (bicyclic) bond motifs is 3. The highest BCUT2D eigenvalue weighted by molar-refractivity contribution is 9.09. The summed E-state index contributed by atoms with van der Waals surface area (Å²) >= 11 is 11.3. The second-order valence-electron chi connectivity index (χ2n) is 7.85. The van der Waals surface area contributed by atoms with E-state index in [0.717, 1.165) is 45.8 Å². The van der Waals surface area contributed by atoms with E-state index >= 15 is 0 Å². The van der Waals surface area contributed by atoms with Gasteiger partial charge in [-0.15, -0.1) is 21.5 Å². The first kappa shape index (κ1) is 23.1. The lowest BCUT2D eigenvalue weighted by Crippen LogP contribution is -2.26. The number of aromatic nitrogens is 3. The van der Waals surface area contributed by atoms with E-state index in [0.29, 0.717) is 17.4 Å². The number of unbranched alkanes of at least 4 members (excludes halogenated alkanes) is 1. The van der Waals surface area contributed by atoms with Crippen LogP contribution in [-0.4, -0.2) is 38.3 Å². The zero-order valence-corrected chi connectivity index (χ0v) is 21.4. The highest BCUT2D eigenvalue weighted by Crippen LogP contribution is 2.39. The van der Waals surface area contributed by atoms with E-state index in [4.69, 9.17) is 16.6 Å². The van der Waals surface area contributed by atoms with Crippen LogP contribution in [0.25, 0.3) is 5.00 Å². The Bertz CT molecular complexity index is 1170. The number of carbonyl (C=O) groups excluding carboxylic acids is 1. The largest absolute Gasteiger partial charge is 0.356 e. The van der Waals surface area contributed by atoms with E-state index < -0.39 is 6.04 Å². The summed E-state index contributed by atoms with van der Waals surface area (Å²) in [6.45, 7) is 6.83. The van der Waals surface area contributed by atoms with Crippen molar-refractivity contribution in [2.75, 3.05) is 11.9 Å². The van der Waals surface area contributed by atoms with Crippen molar-refractivity contribution in [2.45, 2.75) is 46.1 Å². The molecular formula is C23H25BrClN5OS. The van der Waals surface area contributed by atoms with Crippen molar-refractivity contribution in [1.82, 2.24) is 20.1 Å². The summed E-state index contributed by atoms with van der Waals surface area (Å²) in [5.74, 6) is 1.46. The summed E-state index contributed by atoms with van der Waals surface area (Å²) in [5, 5.41) is 14.4. The number of nitrogens with zero attached hydrogens (tertiary/aromatic N) is 4. The van der Waals surface area contributed by atoms with Crippen LogP contribution in [0.5, 0.6) is 0 Å². The van der Waals surface area contributed by atoms with Crippen molar-refractivity contribution in [3.63, 3.8) is 0 Å². The summed E-state index contributed by atoms with van der Waals surface area (Å²) in [4.78, 5) is 19.1. The fraction of sp³-hybridized carbons (Fsp3) is 0.391. The molecule has 0 spiro atoms. The average Bonchev–Trinajstić information content (AvgIpc) is 3.24. The maximum atomic E-state index is 12.8. The van der Waals surface area contributed by atoms with Crippen LogP contribution >= 0.6 is 38.9 Å². The van der Waals surface area contributed by atoms with Crippen molar-refractivity contribution in [2.24, 2.45) is 4.99 Å². The smallest absolute Gasteiger partial charge is 0.222 e. The van der Waals surface area contributed by atoms with Gasteiger partial charge in [0, 0.05) is 32.9 Å². The molecule has 3 heterocycles. The Morgan fingerprint density at radius 3 is 2.66 bits per heavy atom. The molecule has 32 heavy (non-hydrogen) atoms. The molecule has 3 aromatic rings. The molecule has 0 bridgehead atoms. The molecule has 1 unspecified atom stereocenters. The summed E-state index contributed by atoms with van der Waals surface area (Å²) in [6, 6.07) is 7.27. The molecule has 1 amide bonds. The van der Waals surface area contributed by atoms with E-state index in [-0.39, 0.29) is 12.3 Å². The number of benzene rings is 1. The monoisotopic (exact) mass is 533 g/mol. The van der Waals surface area contributed by atoms with Crippen LogP contribution < -0.4 is 5.32 Å². The van der Waals surface area contributed by atoms with Gasteiger partial charge < -0.3 is 5.32 Å². The van der Waals surface area contributed by atoms with Gasteiger partial charge in [0.25, 0.3) is 0 Å². The van der Waals surface area contributed by atoms with Crippen molar-refractivity contribution < 1.29 is 4.79 Å². The van der Waals surface area contributed by atoms with Crippen LogP contribution in [-0.2, 0) is 4.79 Å². The lowest BCUT2D eigenvalue weighted by atomic mass is 9.99. The van der Waals surface area contributed by atoms with Crippen LogP contribution in [0, 0.1) is 20.8 Å².